The van der Waals surface area contributed by atoms with Crippen LogP contribution in [0.25, 0.3) is 0 Å². The number of likely N-dealkylation sites (N-methyl/N-ethyl adjacent to an activating group) is 1. The van der Waals surface area contributed by atoms with Gasteiger partial charge in [-0.3, -0.25) is 9.89 Å². The molecule has 1 unspecified atom stereocenters. The lowest BCUT2D eigenvalue weighted by Crippen LogP contribution is -2.52. The molecule has 23 heavy (non-hydrogen) atoms. The average molecular weight is 320 g/mol. The number of H-pyrrole nitrogens is 1. The van der Waals surface area contributed by atoms with Crippen LogP contribution in [-0.2, 0) is 22.5 Å². The molecule has 1 aromatic heterocycles. The van der Waals surface area contributed by atoms with E-state index < -0.39 is 5.60 Å². The van der Waals surface area contributed by atoms with Crippen LogP contribution in [0.1, 0.15) is 34.6 Å². The molecule has 1 atom stereocenters. The van der Waals surface area contributed by atoms with Gasteiger partial charge in [-0.25, -0.2) is 4.79 Å². The number of hydrogen-bond acceptors (Lipinski definition) is 5. The third kappa shape index (κ3) is 2.37. The van der Waals surface area contributed by atoms with Gasteiger partial charge in [-0.05, 0) is 12.8 Å². The van der Waals surface area contributed by atoms with Crippen molar-refractivity contribution in [1.29, 1.82) is 0 Å². The fraction of sp³-hybridized carbons (Fsp3) is 0.667. The summed E-state index contributed by atoms with van der Waals surface area (Å²) in [5.41, 5.74) is 1.71. The lowest BCUT2D eigenvalue weighted by atomic mass is 9.92. The van der Waals surface area contributed by atoms with Crippen LogP contribution >= 0.6 is 0 Å². The maximum atomic E-state index is 12.9. The molecule has 1 aromatic rings. The quantitative estimate of drug-likeness (QED) is 0.816. The monoisotopic (exact) mass is 320 g/mol. The highest BCUT2D eigenvalue weighted by Crippen LogP contribution is 2.32. The summed E-state index contributed by atoms with van der Waals surface area (Å²) in [5, 5.41) is 7.15. The fourth-order valence-electron chi connectivity index (χ4n) is 3.71. The molecule has 1 N–H and O–H groups in total. The van der Waals surface area contributed by atoms with Crippen LogP contribution in [0.4, 0.5) is 4.79 Å². The third-order valence-electron chi connectivity index (χ3n) is 4.87. The Balaban J connectivity index is 1.55. The molecule has 8 nitrogen and oxygen atoms in total. The predicted octanol–water partition coefficient (Wildman–Crippen LogP) is 0.539. The molecule has 2 fully saturated rings. The van der Waals surface area contributed by atoms with Crippen LogP contribution in [0.15, 0.2) is 0 Å². The van der Waals surface area contributed by atoms with E-state index >= 15 is 0 Å². The molecular formula is C15H20N4O4. The van der Waals surface area contributed by atoms with Gasteiger partial charge in [0.25, 0.3) is 5.91 Å². The minimum atomic E-state index is -0.577. The number of piperidine rings is 1. The van der Waals surface area contributed by atoms with Gasteiger partial charge in [0, 0.05) is 31.3 Å². The number of carbonyl (C=O) groups excluding carboxylic acids is 2. The van der Waals surface area contributed by atoms with E-state index in [2.05, 4.69) is 10.2 Å². The maximum Gasteiger partial charge on any atom is 0.410 e. The average Bonchev–Trinajstić information content (AvgIpc) is 3.08. The van der Waals surface area contributed by atoms with Gasteiger partial charge < -0.3 is 19.3 Å². The summed E-state index contributed by atoms with van der Waals surface area (Å²) in [5.74, 6) is -0.113. The number of hydrogen-bond donors (Lipinski definition) is 1. The first-order chi connectivity index (χ1) is 11.1. The Morgan fingerprint density at radius 1 is 1.39 bits per heavy atom. The first kappa shape index (κ1) is 14.5. The number of aromatic nitrogens is 2. The first-order valence-corrected chi connectivity index (χ1v) is 7.95. The van der Waals surface area contributed by atoms with Crippen LogP contribution in [0.3, 0.4) is 0 Å². The highest BCUT2D eigenvalue weighted by Gasteiger charge is 2.47. The van der Waals surface area contributed by atoms with E-state index in [1.165, 1.54) is 0 Å². The molecule has 124 valence electrons. The number of amides is 2. The van der Waals surface area contributed by atoms with Gasteiger partial charge in [0.1, 0.15) is 5.60 Å². The topological polar surface area (TPSA) is 87.8 Å². The zero-order valence-electron chi connectivity index (χ0n) is 13.1. The lowest BCUT2D eigenvalue weighted by Gasteiger charge is -2.38. The summed E-state index contributed by atoms with van der Waals surface area (Å²) in [7, 11) is 1.72. The summed E-state index contributed by atoms with van der Waals surface area (Å²) in [6.45, 7) is 2.67. The molecule has 8 heteroatoms. The van der Waals surface area contributed by atoms with E-state index in [0.29, 0.717) is 38.5 Å². The van der Waals surface area contributed by atoms with Gasteiger partial charge in [0.2, 0.25) is 0 Å². The van der Waals surface area contributed by atoms with Crippen LogP contribution < -0.4 is 0 Å². The third-order valence-corrected chi connectivity index (χ3v) is 4.87. The number of rotatable bonds is 1. The highest BCUT2D eigenvalue weighted by molar-refractivity contribution is 5.94. The molecule has 2 saturated heterocycles. The van der Waals surface area contributed by atoms with E-state index in [1.54, 1.807) is 16.8 Å². The molecule has 4 heterocycles. The number of aromatic amines is 1. The molecule has 0 radical (unpaired) electrons. The van der Waals surface area contributed by atoms with Crippen molar-refractivity contribution in [3.05, 3.63) is 17.0 Å². The Kier molecular flexibility index (Phi) is 3.29. The normalized spacial score (nSPS) is 27.3. The molecule has 4 rings (SSSR count). The van der Waals surface area contributed by atoms with E-state index in [0.717, 1.165) is 30.5 Å². The second kappa shape index (κ2) is 5.23. The van der Waals surface area contributed by atoms with Crippen LogP contribution in [0.2, 0.25) is 0 Å². The van der Waals surface area contributed by atoms with Crippen molar-refractivity contribution in [1.82, 2.24) is 20.0 Å². The van der Waals surface area contributed by atoms with Crippen molar-refractivity contribution in [3.8, 4) is 0 Å². The molecule has 0 aromatic carbocycles. The Hall–Kier alpha value is -2.09. The second-order valence-corrected chi connectivity index (χ2v) is 6.57. The number of likely N-dealkylation sites (tertiary alicyclic amines) is 1. The predicted molar refractivity (Wildman–Crippen MR) is 78.9 cm³/mol. The van der Waals surface area contributed by atoms with Crippen molar-refractivity contribution >= 4 is 12.0 Å². The second-order valence-electron chi connectivity index (χ2n) is 6.57. The number of fused-ring (bicyclic) bond motifs is 1. The summed E-state index contributed by atoms with van der Waals surface area (Å²) in [6, 6.07) is 0. The van der Waals surface area contributed by atoms with Gasteiger partial charge in [0.15, 0.2) is 5.69 Å². The zero-order chi connectivity index (χ0) is 16.0. The van der Waals surface area contributed by atoms with Crippen molar-refractivity contribution < 1.29 is 19.1 Å². The zero-order valence-corrected chi connectivity index (χ0v) is 13.1. The number of ether oxygens (including phenoxy) is 2. The summed E-state index contributed by atoms with van der Waals surface area (Å²) >= 11 is 0. The first-order valence-electron chi connectivity index (χ1n) is 7.95. The summed E-state index contributed by atoms with van der Waals surface area (Å²) < 4.78 is 11.0. The SMILES string of the molecule is CN1CC2(CCCN(C(=O)c3n[nH]c4c3COCC4)C2)OC1=O. The molecule has 0 aliphatic carbocycles. The Bertz CT molecular complexity index is 658. The van der Waals surface area contributed by atoms with Crippen LogP contribution in [-0.4, -0.2) is 70.9 Å². The standard InChI is InChI=1S/C15H20N4O4/c1-18-8-15(23-14(18)21)4-2-5-19(9-15)13(20)12-10-7-22-6-3-11(10)16-17-12/h2-9H2,1H3,(H,16,17). The molecule has 0 bridgehead atoms. The van der Waals surface area contributed by atoms with E-state index in [1.807, 2.05) is 0 Å². The number of nitrogens with one attached hydrogen (secondary N) is 1. The minimum absolute atomic E-state index is 0.113. The fourth-order valence-corrected chi connectivity index (χ4v) is 3.71. The van der Waals surface area contributed by atoms with Gasteiger partial charge in [-0.2, -0.15) is 5.10 Å². The smallest absolute Gasteiger partial charge is 0.410 e. The maximum absolute atomic E-state index is 12.9. The van der Waals surface area contributed by atoms with Crippen LogP contribution in [0, 0.1) is 0 Å². The molecule has 2 amide bonds. The van der Waals surface area contributed by atoms with Crippen molar-refractivity contribution in [2.24, 2.45) is 0 Å². The number of carbonyl (C=O) groups is 2. The lowest BCUT2D eigenvalue weighted by molar-refractivity contribution is -0.00556. The highest BCUT2D eigenvalue weighted by atomic mass is 16.6. The van der Waals surface area contributed by atoms with Crippen molar-refractivity contribution in [3.63, 3.8) is 0 Å². The number of nitrogens with zero attached hydrogens (tertiary/aromatic N) is 3. The molecular weight excluding hydrogens is 300 g/mol. The van der Waals surface area contributed by atoms with E-state index in [-0.39, 0.29) is 12.0 Å². The van der Waals surface area contributed by atoms with Gasteiger partial charge in [-0.15, -0.1) is 0 Å². The molecule has 1 spiro atoms. The Labute approximate surface area is 133 Å². The van der Waals surface area contributed by atoms with Gasteiger partial charge in [0.05, 0.1) is 26.3 Å². The largest absolute Gasteiger partial charge is 0.439 e. The van der Waals surface area contributed by atoms with Crippen LogP contribution in [0.5, 0.6) is 0 Å². The summed E-state index contributed by atoms with van der Waals surface area (Å²) in [4.78, 5) is 27.9. The molecule has 0 saturated carbocycles. The molecule has 3 aliphatic rings. The van der Waals surface area contributed by atoms with Gasteiger partial charge >= 0.3 is 6.09 Å². The molecule has 3 aliphatic heterocycles. The Morgan fingerprint density at radius 3 is 3.04 bits per heavy atom. The Morgan fingerprint density at radius 2 is 2.26 bits per heavy atom. The van der Waals surface area contributed by atoms with Gasteiger partial charge in [-0.1, -0.05) is 0 Å². The van der Waals surface area contributed by atoms with Crippen molar-refractivity contribution in [2.75, 3.05) is 33.3 Å². The van der Waals surface area contributed by atoms with Crippen molar-refractivity contribution in [2.45, 2.75) is 31.5 Å². The van der Waals surface area contributed by atoms with E-state index in [4.69, 9.17) is 9.47 Å². The summed E-state index contributed by atoms with van der Waals surface area (Å²) in [6.07, 6.45) is 2.04. The minimum Gasteiger partial charge on any atom is -0.439 e. The van der Waals surface area contributed by atoms with E-state index in [9.17, 15) is 9.59 Å².